The van der Waals surface area contributed by atoms with Gasteiger partial charge in [-0.25, -0.2) is 13.9 Å². The van der Waals surface area contributed by atoms with E-state index in [1.807, 2.05) is 6.07 Å². The van der Waals surface area contributed by atoms with E-state index in [-0.39, 0.29) is 53.6 Å². The molecule has 1 aromatic carbocycles. The maximum absolute atomic E-state index is 13.7. The van der Waals surface area contributed by atoms with Gasteiger partial charge in [-0.05, 0) is 43.0 Å². The Hall–Kier alpha value is -2.10. The zero-order chi connectivity index (χ0) is 23.7. The molecule has 0 amide bonds. The van der Waals surface area contributed by atoms with Crippen LogP contribution in [0.1, 0.15) is 68.3 Å². The number of hydrogen-bond acceptors (Lipinski definition) is 6. The normalized spacial score (nSPS) is 15.6. The first-order valence-corrected chi connectivity index (χ1v) is 11.2. The third-order valence-electron chi connectivity index (χ3n) is 5.76. The maximum Gasteiger partial charge on any atom is 1.00 e. The predicted molar refractivity (Wildman–Crippen MR) is 120 cm³/mol. The van der Waals surface area contributed by atoms with Crippen LogP contribution in [0, 0.1) is 5.82 Å². The summed E-state index contributed by atoms with van der Waals surface area (Å²) in [7, 11) is 0. The Morgan fingerprint density at radius 1 is 1.26 bits per heavy atom. The summed E-state index contributed by atoms with van der Waals surface area (Å²) in [4.78, 5) is 15.6. The molecule has 0 bridgehead atoms. The minimum Gasteiger partial charge on any atom is -0.550 e. The molecule has 9 heteroatoms. The van der Waals surface area contributed by atoms with Gasteiger partial charge in [0.05, 0.1) is 29.3 Å². The number of halogens is 1. The number of nitrogens with zero attached hydrogens (tertiary/aromatic N) is 3. The fourth-order valence-electron chi connectivity index (χ4n) is 3.89. The van der Waals surface area contributed by atoms with Gasteiger partial charge in [0, 0.05) is 41.9 Å². The summed E-state index contributed by atoms with van der Waals surface area (Å²) in [6, 6.07) is 8.12. The van der Waals surface area contributed by atoms with Gasteiger partial charge in [0.25, 0.3) is 0 Å². The van der Waals surface area contributed by atoms with Gasteiger partial charge in [-0.3, -0.25) is 0 Å². The zero-order valence-corrected chi connectivity index (χ0v) is 21.6. The molecule has 4 rings (SSSR count). The molecule has 2 heterocycles. The van der Waals surface area contributed by atoms with Gasteiger partial charge in [-0.2, -0.15) is 5.10 Å². The molecule has 1 aliphatic carbocycles. The van der Waals surface area contributed by atoms with Crippen LogP contribution in [-0.4, -0.2) is 43.0 Å². The Kier molecular flexibility index (Phi) is 8.65. The van der Waals surface area contributed by atoms with Crippen molar-refractivity contribution in [1.82, 2.24) is 14.6 Å². The van der Waals surface area contributed by atoms with Gasteiger partial charge in [0.2, 0.25) is 0 Å². The molecule has 2 N–H and O–H groups in total. The number of aliphatic hydroxyl groups is 2. The van der Waals surface area contributed by atoms with Crippen LogP contribution < -0.4 is 34.7 Å². The predicted octanol–water partition coefficient (Wildman–Crippen LogP) is -0.195. The molecule has 174 valence electrons. The molecule has 0 aliphatic heterocycles. The smallest absolute Gasteiger partial charge is 0.550 e. The molecule has 1 aliphatic rings. The molecule has 3 aromatic rings. The van der Waals surface area contributed by atoms with E-state index in [1.54, 1.807) is 22.7 Å². The minimum absolute atomic E-state index is 0. The number of carbonyl (C=O) groups is 1. The number of fused-ring (bicyclic) bond motifs is 1. The van der Waals surface area contributed by atoms with Crippen LogP contribution >= 0.6 is 0 Å². The molecule has 2 aromatic heterocycles. The van der Waals surface area contributed by atoms with E-state index in [1.165, 1.54) is 18.2 Å². The van der Waals surface area contributed by atoms with Gasteiger partial charge in [0.15, 0.2) is 5.65 Å². The molecule has 2 atom stereocenters. The van der Waals surface area contributed by atoms with E-state index in [0.29, 0.717) is 5.65 Å². The molecule has 0 saturated heterocycles. The second-order valence-corrected chi connectivity index (χ2v) is 8.93. The minimum atomic E-state index is -1.37. The Balaban J connectivity index is 0.00000324. The van der Waals surface area contributed by atoms with Crippen molar-refractivity contribution in [3.63, 3.8) is 0 Å². The van der Waals surface area contributed by atoms with Crippen LogP contribution in [-0.2, 0) is 4.79 Å². The van der Waals surface area contributed by atoms with E-state index >= 15 is 0 Å². The molecule has 7 nitrogen and oxygen atoms in total. The van der Waals surface area contributed by atoms with Gasteiger partial charge >= 0.3 is 29.6 Å². The third-order valence-corrected chi connectivity index (χ3v) is 5.76. The van der Waals surface area contributed by atoms with Crippen LogP contribution in [0.25, 0.3) is 23.0 Å². The fourth-order valence-corrected chi connectivity index (χ4v) is 3.89. The Morgan fingerprint density at radius 2 is 1.94 bits per heavy atom. The second-order valence-electron chi connectivity index (χ2n) is 8.93. The molecule has 0 unspecified atom stereocenters. The summed E-state index contributed by atoms with van der Waals surface area (Å²) in [6.45, 7) is 4.10. The van der Waals surface area contributed by atoms with Crippen LogP contribution in [0.15, 0.2) is 36.4 Å². The summed E-state index contributed by atoms with van der Waals surface area (Å²) in [6.07, 6.45) is 2.32. The summed E-state index contributed by atoms with van der Waals surface area (Å²) >= 11 is 0. The first kappa shape index (κ1) is 26.5. The van der Waals surface area contributed by atoms with E-state index in [4.69, 9.17) is 10.1 Å². The number of aliphatic carboxylic acids is 1. The number of carbonyl (C=O) groups excluding carboxylic acids is 1. The van der Waals surface area contributed by atoms with Gasteiger partial charge < -0.3 is 20.1 Å². The Morgan fingerprint density at radius 3 is 2.53 bits per heavy atom. The van der Waals surface area contributed by atoms with Crippen LogP contribution in [0.3, 0.4) is 0 Å². The summed E-state index contributed by atoms with van der Waals surface area (Å²) in [5, 5.41) is 35.6. The molecular formula is C25H27FN3NaO4. The van der Waals surface area contributed by atoms with E-state index in [0.717, 1.165) is 41.1 Å². The van der Waals surface area contributed by atoms with Crippen molar-refractivity contribution in [2.45, 2.75) is 63.6 Å². The van der Waals surface area contributed by atoms with Crippen LogP contribution in [0.5, 0.6) is 0 Å². The average molecular weight is 475 g/mol. The number of carboxylic acid groups (broad SMARTS) is 1. The van der Waals surface area contributed by atoms with Crippen LogP contribution in [0.4, 0.5) is 4.39 Å². The Bertz CT molecular complexity index is 1190. The largest absolute Gasteiger partial charge is 1.00 e. The third kappa shape index (κ3) is 6.12. The number of rotatable bonds is 9. The van der Waals surface area contributed by atoms with Crippen molar-refractivity contribution in [2.24, 2.45) is 0 Å². The summed E-state index contributed by atoms with van der Waals surface area (Å²) in [5.41, 5.74) is 4.75. The van der Waals surface area contributed by atoms with Gasteiger partial charge in [0.1, 0.15) is 5.82 Å². The first-order chi connectivity index (χ1) is 15.7. The number of carboxylic acids is 1. The molecule has 34 heavy (non-hydrogen) atoms. The van der Waals surface area contributed by atoms with Crippen molar-refractivity contribution in [2.75, 3.05) is 0 Å². The van der Waals surface area contributed by atoms with Crippen molar-refractivity contribution in [3.05, 3.63) is 59.2 Å². The maximum atomic E-state index is 13.7. The van der Waals surface area contributed by atoms with E-state index < -0.39 is 24.6 Å². The standard InChI is InChI=1S/C25H28FN3O4.Na/c1-14(2)21-13-22-27-24(15-3-4-15)20(10-9-18(30)11-19(31)12-23(32)33)25(29(22)28-21)16-5-7-17(26)8-6-16;/h5-10,13-15,18-19,30-31H,3-4,11-12H2,1-2H3,(H,32,33);/q;+1/p-1/b10-9+;/t18-,19-;/m1./s1. The number of aromatic nitrogens is 3. The first-order valence-electron chi connectivity index (χ1n) is 11.2. The fraction of sp³-hybridized carbons (Fsp3) is 0.400. The molecule has 0 spiro atoms. The number of hydrogen-bond donors (Lipinski definition) is 2. The van der Waals surface area contributed by atoms with Crippen molar-refractivity contribution in [3.8, 4) is 11.3 Å². The van der Waals surface area contributed by atoms with Crippen molar-refractivity contribution >= 4 is 17.7 Å². The number of aliphatic hydroxyl groups excluding tert-OH is 2. The molecule has 1 saturated carbocycles. The SMILES string of the molecule is CC(C)c1cc2nc(C3CC3)c(/C=C/[C@@H](O)C[C@@H](O)CC(=O)[O-])c(-c3ccc(F)cc3)n2n1.[Na+]. The quantitative estimate of drug-likeness (QED) is 0.415. The summed E-state index contributed by atoms with van der Waals surface area (Å²) < 4.78 is 15.4. The molecule has 0 radical (unpaired) electrons. The van der Waals surface area contributed by atoms with Crippen LogP contribution in [0.2, 0.25) is 0 Å². The van der Waals surface area contributed by atoms with Crippen molar-refractivity contribution in [1.29, 1.82) is 0 Å². The summed E-state index contributed by atoms with van der Waals surface area (Å²) in [5.74, 6) is -1.23. The van der Waals surface area contributed by atoms with E-state index in [2.05, 4.69) is 13.8 Å². The molecule has 1 fully saturated rings. The topological polar surface area (TPSA) is 111 Å². The Labute approximate surface area is 219 Å². The second kappa shape index (κ2) is 11.1. The zero-order valence-electron chi connectivity index (χ0n) is 19.6. The van der Waals surface area contributed by atoms with Gasteiger partial charge in [-0.15, -0.1) is 0 Å². The average Bonchev–Trinajstić information content (AvgIpc) is 3.49. The molecular weight excluding hydrogens is 448 g/mol. The number of benzene rings is 1. The van der Waals surface area contributed by atoms with E-state index in [9.17, 15) is 24.5 Å². The monoisotopic (exact) mass is 475 g/mol. The van der Waals surface area contributed by atoms with Crippen molar-refractivity contribution < 1.29 is 54.1 Å². The van der Waals surface area contributed by atoms with Gasteiger partial charge in [-0.1, -0.05) is 26.0 Å².